The van der Waals surface area contributed by atoms with Crippen molar-refractivity contribution in [2.45, 2.75) is 12.8 Å². The van der Waals surface area contributed by atoms with Crippen LogP contribution in [0.4, 0.5) is 0 Å². The molecule has 0 spiro atoms. The molecule has 0 aliphatic carbocycles. The molecule has 0 fully saturated rings. The van der Waals surface area contributed by atoms with Crippen molar-refractivity contribution in [3.05, 3.63) is 29.7 Å². The summed E-state index contributed by atoms with van der Waals surface area (Å²) in [5.41, 5.74) is 2.14. The molecule has 1 atom stereocenters. The van der Waals surface area contributed by atoms with E-state index < -0.39 is 11.9 Å². The minimum Gasteiger partial charge on any atom is -0.481 e. The SMILES string of the molecule is Cc1nc2cc(C(CN(C)C)C(=O)O)ccc2o1. The number of fused-ring (bicyclic) bond motifs is 1. The Labute approximate surface area is 105 Å². The number of aromatic nitrogens is 1. The van der Waals surface area contributed by atoms with Crippen LogP contribution >= 0.6 is 0 Å². The highest BCUT2D eigenvalue weighted by Gasteiger charge is 2.21. The van der Waals surface area contributed by atoms with Crippen LogP contribution in [0.15, 0.2) is 22.6 Å². The third-order valence-electron chi connectivity index (χ3n) is 2.77. The molecule has 0 saturated heterocycles. The minimum absolute atomic E-state index is 0.456. The lowest BCUT2D eigenvalue weighted by molar-refractivity contribution is -0.139. The highest BCUT2D eigenvalue weighted by Crippen LogP contribution is 2.23. The van der Waals surface area contributed by atoms with Gasteiger partial charge in [0.2, 0.25) is 0 Å². The fourth-order valence-electron chi connectivity index (χ4n) is 1.97. The second-order valence-corrected chi connectivity index (χ2v) is 4.61. The van der Waals surface area contributed by atoms with E-state index in [-0.39, 0.29) is 0 Å². The lowest BCUT2D eigenvalue weighted by atomic mass is 9.98. The van der Waals surface area contributed by atoms with Crippen molar-refractivity contribution in [3.8, 4) is 0 Å². The lowest BCUT2D eigenvalue weighted by Crippen LogP contribution is -2.25. The van der Waals surface area contributed by atoms with Gasteiger partial charge < -0.3 is 14.4 Å². The molecule has 1 heterocycles. The molecule has 1 unspecified atom stereocenters. The Hall–Kier alpha value is -1.88. The maximum Gasteiger partial charge on any atom is 0.312 e. The van der Waals surface area contributed by atoms with E-state index in [0.29, 0.717) is 23.5 Å². The number of benzene rings is 1. The summed E-state index contributed by atoms with van der Waals surface area (Å²) in [6.07, 6.45) is 0. The summed E-state index contributed by atoms with van der Waals surface area (Å²) < 4.78 is 5.38. The van der Waals surface area contributed by atoms with Crippen LogP contribution in [0, 0.1) is 6.92 Å². The zero-order chi connectivity index (χ0) is 13.3. The number of hydrogen-bond donors (Lipinski definition) is 1. The number of likely N-dealkylation sites (N-methyl/N-ethyl adjacent to an activating group) is 1. The van der Waals surface area contributed by atoms with E-state index in [4.69, 9.17) is 4.42 Å². The highest BCUT2D eigenvalue weighted by atomic mass is 16.4. The van der Waals surface area contributed by atoms with E-state index in [2.05, 4.69) is 4.98 Å². The Morgan fingerprint density at radius 3 is 2.83 bits per heavy atom. The topological polar surface area (TPSA) is 66.6 Å². The third kappa shape index (κ3) is 2.51. The zero-order valence-corrected chi connectivity index (χ0v) is 10.7. The van der Waals surface area contributed by atoms with E-state index in [0.717, 1.165) is 5.56 Å². The molecule has 5 nitrogen and oxygen atoms in total. The maximum atomic E-state index is 11.3. The molecule has 1 N–H and O–H groups in total. The molecule has 0 saturated carbocycles. The lowest BCUT2D eigenvalue weighted by Gasteiger charge is -2.17. The van der Waals surface area contributed by atoms with Crippen molar-refractivity contribution in [2.75, 3.05) is 20.6 Å². The molecular weight excluding hydrogens is 232 g/mol. The number of oxazole rings is 1. The normalized spacial score (nSPS) is 13.1. The van der Waals surface area contributed by atoms with Crippen LogP contribution in [0.25, 0.3) is 11.1 Å². The Bertz CT molecular complexity index is 575. The van der Waals surface area contributed by atoms with Crippen molar-refractivity contribution in [1.82, 2.24) is 9.88 Å². The van der Waals surface area contributed by atoms with Gasteiger partial charge in [-0.1, -0.05) is 6.07 Å². The number of carboxylic acids is 1. The molecule has 1 aromatic heterocycles. The van der Waals surface area contributed by atoms with Crippen LogP contribution in [0.1, 0.15) is 17.4 Å². The molecule has 2 aromatic rings. The zero-order valence-electron chi connectivity index (χ0n) is 10.7. The largest absolute Gasteiger partial charge is 0.481 e. The highest BCUT2D eigenvalue weighted by molar-refractivity contribution is 5.80. The van der Waals surface area contributed by atoms with Crippen LogP contribution in [0.2, 0.25) is 0 Å². The molecule has 0 aliphatic rings. The van der Waals surface area contributed by atoms with Crippen LogP contribution in [-0.4, -0.2) is 41.6 Å². The molecule has 96 valence electrons. The molecule has 0 aliphatic heterocycles. The summed E-state index contributed by atoms with van der Waals surface area (Å²) >= 11 is 0. The van der Waals surface area contributed by atoms with E-state index in [9.17, 15) is 9.90 Å². The molecule has 18 heavy (non-hydrogen) atoms. The first kappa shape index (κ1) is 12.6. The third-order valence-corrected chi connectivity index (χ3v) is 2.77. The van der Waals surface area contributed by atoms with Crippen LogP contribution in [-0.2, 0) is 4.79 Å². The number of hydrogen-bond acceptors (Lipinski definition) is 4. The van der Waals surface area contributed by atoms with Gasteiger partial charge in [0.15, 0.2) is 11.5 Å². The van der Waals surface area contributed by atoms with Gasteiger partial charge in [-0.2, -0.15) is 0 Å². The second-order valence-electron chi connectivity index (χ2n) is 4.61. The fraction of sp³-hybridized carbons (Fsp3) is 0.385. The predicted molar refractivity (Wildman–Crippen MR) is 67.7 cm³/mol. The van der Waals surface area contributed by atoms with Crippen molar-refractivity contribution in [1.29, 1.82) is 0 Å². The number of aliphatic carboxylic acids is 1. The average Bonchev–Trinajstić information content (AvgIpc) is 2.64. The quantitative estimate of drug-likeness (QED) is 0.894. The molecular formula is C13H16N2O3. The Morgan fingerprint density at radius 1 is 1.50 bits per heavy atom. The van der Waals surface area contributed by atoms with Gasteiger partial charge in [-0.25, -0.2) is 4.98 Å². The van der Waals surface area contributed by atoms with Crippen LogP contribution < -0.4 is 0 Å². The molecule has 5 heteroatoms. The van der Waals surface area contributed by atoms with Crippen molar-refractivity contribution in [2.24, 2.45) is 0 Å². The monoisotopic (exact) mass is 248 g/mol. The van der Waals surface area contributed by atoms with Crippen LogP contribution in [0.3, 0.4) is 0 Å². The Balaban J connectivity index is 2.40. The summed E-state index contributed by atoms with van der Waals surface area (Å²) in [4.78, 5) is 17.4. The van der Waals surface area contributed by atoms with Crippen molar-refractivity contribution < 1.29 is 14.3 Å². The van der Waals surface area contributed by atoms with Gasteiger partial charge in [-0.3, -0.25) is 4.79 Å². The summed E-state index contributed by atoms with van der Waals surface area (Å²) in [5.74, 6) is -0.800. The van der Waals surface area contributed by atoms with Gasteiger partial charge in [0.05, 0.1) is 5.92 Å². The summed E-state index contributed by atoms with van der Waals surface area (Å²) in [5, 5.41) is 9.28. The minimum atomic E-state index is -0.830. The van der Waals surface area contributed by atoms with Crippen LogP contribution in [0.5, 0.6) is 0 Å². The number of nitrogens with zero attached hydrogens (tertiary/aromatic N) is 2. The van der Waals surface area contributed by atoms with E-state index in [1.54, 1.807) is 25.1 Å². The predicted octanol–water partition coefficient (Wildman–Crippen LogP) is 1.87. The number of carbonyl (C=O) groups is 1. The van der Waals surface area contributed by atoms with Gasteiger partial charge in [-0.15, -0.1) is 0 Å². The van der Waals surface area contributed by atoms with Crippen molar-refractivity contribution >= 4 is 17.1 Å². The Kier molecular flexibility index (Phi) is 3.34. The standard InChI is InChI=1S/C13H16N2O3/c1-8-14-11-6-9(4-5-12(11)18-8)10(13(16)17)7-15(2)3/h4-6,10H,7H2,1-3H3,(H,16,17). The van der Waals surface area contributed by atoms with E-state index in [1.165, 1.54) is 0 Å². The number of aryl methyl sites for hydroxylation is 1. The molecule has 0 amide bonds. The molecule has 0 bridgehead atoms. The van der Waals surface area contributed by atoms with Crippen molar-refractivity contribution in [3.63, 3.8) is 0 Å². The Morgan fingerprint density at radius 2 is 2.22 bits per heavy atom. The first-order chi connectivity index (χ1) is 8.47. The van der Waals surface area contributed by atoms with Gasteiger partial charge in [0.25, 0.3) is 0 Å². The fourth-order valence-corrected chi connectivity index (χ4v) is 1.97. The summed E-state index contributed by atoms with van der Waals surface area (Å²) in [6.45, 7) is 2.23. The van der Waals surface area contributed by atoms with Gasteiger partial charge in [0.1, 0.15) is 5.52 Å². The number of rotatable bonds is 4. The van der Waals surface area contributed by atoms with Gasteiger partial charge in [-0.05, 0) is 31.8 Å². The number of carboxylic acid groups (broad SMARTS) is 1. The van der Waals surface area contributed by atoms with E-state index >= 15 is 0 Å². The summed E-state index contributed by atoms with van der Waals surface area (Å²) in [6, 6.07) is 5.35. The maximum absolute atomic E-state index is 11.3. The molecule has 0 radical (unpaired) electrons. The van der Waals surface area contributed by atoms with E-state index in [1.807, 2.05) is 19.0 Å². The summed E-state index contributed by atoms with van der Waals surface area (Å²) in [7, 11) is 3.71. The smallest absolute Gasteiger partial charge is 0.312 e. The van der Waals surface area contributed by atoms with Gasteiger partial charge >= 0.3 is 5.97 Å². The molecule has 2 rings (SSSR count). The van der Waals surface area contributed by atoms with Gasteiger partial charge in [0, 0.05) is 13.5 Å². The first-order valence-corrected chi connectivity index (χ1v) is 5.72. The molecule has 1 aromatic carbocycles. The first-order valence-electron chi connectivity index (χ1n) is 5.72. The average molecular weight is 248 g/mol. The second kappa shape index (κ2) is 4.78.